The lowest BCUT2D eigenvalue weighted by molar-refractivity contribution is -0.136. The van der Waals surface area contributed by atoms with Crippen molar-refractivity contribution in [1.29, 1.82) is 0 Å². The molecule has 1 atom stereocenters. The highest BCUT2D eigenvalue weighted by molar-refractivity contribution is 7.89. The highest BCUT2D eigenvalue weighted by atomic mass is 32.2. The first kappa shape index (κ1) is 25.0. The van der Waals surface area contributed by atoms with Gasteiger partial charge in [-0.25, -0.2) is 13.4 Å². The summed E-state index contributed by atoms with van der Waals surface area (Å²) in [5.41, 5.74) is 1.40. The van der Waals surface area contributed by atoms with Gasteiger partial charge in [0.15, 0.2) is 0 Å². The summed E-state index contributed by atoms with van der Waals surface area (Å²) in [6, 6.07) is 5.56. The average molecular weight is 475 g/mol. The number of imidazole rings is 1. The van der Waals surface area contributed by atoms with Crippen LogP contribution in [0.3, 0.4) is 0 Å². The number of hydrogen-bond acceptors (Lipinski definition) is 5. The van der Waals surface area contributed by atoms with Crippen molar-refractivity contribution in [2.45, 2.75) is 45.1 Å². The van der Waals surface area contributed by atoms with Gasteiger partial charge in [0, 0.05) is 50.9 Å². The second-order valence-corrected chi connectivity index (χ2v) is 11.4. The van der Waals surface area contributed by atoms with Gasteiger partial charge in [-0.05, 0) is 36.1 Å². The maximum atomic E-state index is 13.8. The quantitative estimate of drug-likeness (QED) is 0.448. The van der Waals surface area contributed by atoms with Crippen molar-refractivity contribution >= 4 is 26.9 Å². The van der Waals surface area contributed by atoms with Crippen molar-refractivity contribution in [3.8, 4) is 0 Å². The van der Waals surface area contributed by atoms with Crippen LogP contribution in [0.5, 0.6) is 0 Å². The molecule has 3 aromatic rings. The van der Waals surface area contributed by atoms with Crippen LogP contribution in [-0.4, -0.2) is 59.3 Å². The Morgan fingerprint density at radius 2 is 1.79 bits per heavy atom. The van der Waals surface area contributed by atoms with Gasteiger partial charge in [-0.3, -0.25) is 4.79 Å². The van der Waals surface area contributed by atoms with E-state index in [-0.39, 0.29) is 29.1 Å². The Morgan fingerprint density at radius 1 is 1.12 bits per heavy atom. The lowest BCUT2D eigenvalue weighted by atomic mass is 10.1. The largest absolute Gasteiger partial charge is 0.464 e. The van der Waals surface area contributed by atoms with Gasteiger partial charge in [-0.2, -0.15) is 4.31 Å². The second-order valence-electron chi connectivity index (χ2n) is 9.39. The van der Waals surface area contributed by atoms with E-state index >= 15 is 0 Å². The highest BCUT2D eigenvalue weighted by Gasteiger charge is 2.36. The lowest BCUT2D eigenvalue weighted by Gasteiger charge is -2.34. The highest BCUT2D eigenvalue weighted by Crippen LogP contribution is 2.25. The lowest BCUT2D eigenvalue weighted by Crippen LogP contribution is -2.52. The molecule has 0 N–H and O–H groups in total. The van der Waals surface area contributed by atoms with E-state index < -0.39 is 16.1 Å². The molecular formula is C24H34N4O4S. The summed E-state index contributed by atoms with van der Waals surface area (Å²) in [6.45, 7) is 9.34. The second kappa shape index (κ2) is 10.1. The number of aromatic nitrogens is 2. The molecule has 0 fully saturated rings. The zero-order valence-corrected chi connectivity index (χ0v) is 21.0. The maximum absolute atomic E-state index is 13.8. The SMILES string of the molecule is CC(C)CN(CC(C)C)C(=O)[C@H](Cc1cncn1C)N(C)S(=O)(=O)c1ccc2occc2c1. The maximum Gasteiger partial charge on any atom is 0.243 e. The first-order valence-corrected chi connectivity index (χ1v) is 12.6. The van der Waals surface area contributed by atoms with Crippen LogP contribution in [-0.2, 0) is 28.3 Å². The molecule has 0 saturated heterocycles. The monoisotopic (exact) mass is 474 g/mol. The van der Waals surface area contributed by atoms with E-state index in [0.717, 1.165) is 5.69 Å². The molecule has 8 nitrogen and oxygen atoms in total. The minimum atomic E-state index is -3.94. The van der Waals surface area contributed by atoms with Crippen LogP contribution < -0.4 is 0 Å². The van der Waals surface area contributed by atoms with Gasteiger partial charge in [0.05, 0.1) is 17.5 Å². The van der Waals surface area contributed by atoms with Gasteiger partial charge >= 0.3 is 0 Å². The molecule has 180 valence electrons. The first-order chi connectivity index (χ1) is 15.5. The van der Waals surface area contributed by atoms with Crippen molar-refractivity contribution in [1.82, 2.24) is 18.8 Å². The predicted molar refractivity (Wildman–Crippen MR) is 128 cm³/mol. The van der Waals surface area contributed by atoms with E-state index in [1.807, 2.05) is 11.6 Å². The Balaban J connectivity index is 2.01. The van der Waals surface area contributed by atoms with E-state index in [1.54, 1.807) is 35.6 Å². The Morgan fingerprint density at radius 3 is 2.36 bits per heavy atom. The van der Waals surface area contributed by atoms with E-state index in [2.05, 4.69) is 32.7 Å². The molecule has 1 amide bonds. The number of benzene rings is 1. The van der Waals surface area contributed by atoms with E-state index in [9.17, 15) is 13.2 Å². The van der Waals surface area contributed by atoms with Gasteiger partial charge in [0.2, 0.25) is 15.9 Å². The number of fused-ring (bicyclic) bond motifs is 1. The van der Waals surface area contributed by atoms with Crippen molar-refractivity contribution < 1.29 is 17.6 Å². The summed E-state index contributed by atoms with van der Waals surface area (Å²) in [5.74, 6) is 0.319. The fraction of sp³-hybridized carbons (Fsp3) is 0.500. The number of rotatable bonds is 10. The number of aryl methyl sites for hydroxylation is 1. The summed E-state index contributed by atoms with van der Waals surface area (Å²) in [7, 11) is -0.623. The molecule has 0 aliphatic rings. The standard InChI is InChI=1S/C24H34N4O4S/c1-17(2)14-28(15-18(3)4)24(29)22(12-20-13-25-16-26(20)5)27(6)33(30,31)21-7-8-23-19(11-21)9-10-32-23/h7-11,13,16-18,22H,12,14-15H2,1-6H3/t22-/m0/s1. The average Bonchev–Trinajstić information content (AvgIpc) is 3.37. The summed E-state index contributed by atoms with van der Waals surface area (Å²) < 4.78 is 35.6. The van der Waals surface area contributed by atoms with E-state index in [4.69, 9.17) is 4.42 Å². The van der Waals surface area contributed by atoms with Gasteiger partial charge in [-0.15, -0.1) is 0 Å². The molecule has 1 aromatic carbocycles. The minimum absolute atomic E-state index is 0.126. The predicted octanol–water partition coefficient (Wildman–Crippen LogP) is 3.54. The zero-order valence-electron chi connectivity index (χ0n) is 20.2. The normalized spacial score (nSPS) is 13.4. The topological polar surface area (TPSA) is 88.7 Å². The van der Waals surface area contributed by atoms with Crippen molar-refractivity contribution in [3.63, 3.8) is 0 Å². The third kappa shape index (κ3) is 5.65. The van der Waals surface area contributed by atoms with E-state index in [0.29, 0.717) is 24.1 Å². The molecule has 0 spiro atoms. The number of furan rings is 1. The Labute approximate surface area is 196 Å². The fourth-order valence-electron chi connectivity index (χ4n) is 3.94. The van der Waals surface area contributed by atoms with Crippen LogP contribution >= 0.6 is 0 Å². The molecule has 0 bridgehead atoms. The van der Waals surface area contributed by atoms with Crippen LogP contribution in [0.4, 0.5) is 0 Å². The molecule has 3 rings (SSSR count). The third-order valence-corrected chi connectivity index (χ3v) is 7.49. The zero-order chi connectivity index (χ0) is 24.3. The molecule has 0 unspecified atom stereocenters. The van der Waals surface area contributed by atoms with Crippen LogP contribution in [0.15, 0.2) is 52.4 Å². The van der Waals surface area contributed by atoms with Gasteiger partial charge in [0.1, 0.15) is 11.6 Å². The van der Waals surface area contributed by atoms with Crippen molar-refractivity contribution in [2.24, 2.45) is 18.9 Å². The Kier molecular flexibility index (Phi) is 7.64. The number of carbonyl (C=O) groups is 1. The Hall–Kier alpha value is -2.65. The number of likely N-dealkylation sites (N-methyl/N-ethyl adjacent to an activating group) is 1. The number of carbonyl (C=O) groups excluding carboxylic acids is 1. The van der Waals surface area contributed by atoms with Crippen LogP contribution in [0.2, 0.25) is 0 Å². The number of nitrogens with zero attached hydrogens (tertiary/aromatic N) is 4. The molecule has 9 heteroatoms. The third-order valence-electron chi connectivity index (χ3n) is 5.63. The summed E-state index contributed by atoms with van der Waals surface area (Å²) in [4.78, 5) is 19.9. The van der Waals surface area contributed by atoms with Crippen LogP contribution in [0, 0.1) is 11.8 Å². The summed E-state index contributed by atoms with van der Waals surface area (Å²) >= 11 is 0. The van der Waals surface area contributed by atoms with Crippen molar-refractivity contribution in [3.05, 3.63) is 48.7 Å². The number of hydrogen-bond donors (Lipinski definition) is 0. The van der Waals surface area contributed by atoms with Crippen molar-refractivity contribution in [2.75, 3.05) is 20.1 Å². The summed E-state index contributed by atoms with van der Waals surface area (Å²) in [5, 5.41) is 0.695. The first-order valence-electron chi connectivity index (χ1n) is 11.2. The van der Waals surface area contributed by atoms with Crippen LogP contribution in [0.25, 0.3) is 11.0 Å². The minimum Gasteiger partial charge on any atom is -0.464 e. The van der Waals surface area contributed by atoms with E-state index in [1.165, 1.54) is 23.7 Å². The molecule has 2 heterocycles. The molecule has 33 heavy (non-hydrogen) atoms. The number of sulfonamides is 1. The van der Waals surface area contributed by atoms with Gasteiger partial charge in [0.25, 0.3) is 0 Å². The van der Waals surface area contributed by atoms with Gasteiger partial charge < -0.3 is 13.9 Å². The molecule has 2 aromatic heterocycles. The number of amides is 1. The molecule has 0 saturated carbocycles. The molecular weight excluding hydrogens is 440 g/mol. The van der Waals surface area contributed by atoms with Gasteiger partial charge in [-0.1, -0.05) is 27.7 Å². The van der Waals surface area contributed by atoms with Crippen LogP contribution in [0.1, 0.15) is 33.4 Å². The molecule has 0 aliphatic carbocycles. The summed E-state index contributed by atoms with van der Waals surface area (Å²) in [6.07, 6.45) is 5.08. The molecule has 0 radical (unpaired) electrons. The molecule has 0 aliphatic heterocycles. The smallest absolute Gasteiger partial charge is 0.243 e. The fourth-order valence-corrected chi connectivity index (χ4v) is 5.28. The Bertz CT molecular complexity index is 1190.